The van der Waals surface area contributed by atoms with E-state index in [9.17, 15) is 13.5 Å². The highest BCUT2D eigenvalue weighted by atomic mass is 35.5. The zero-order valence-electron chi connectivity index (χ0n) is 13.0. The minimum Gasteiger partial charge on any atom is -0.489 e. The second kappa shape index (κ2) is 8.18. The quantitative estimate of drug-likeness (QED) is 0.652. The first kappa shape index (κ1) is 19.7. The molecule has 0 amide bonds. The molecule has 0 aromatic heterocycles. The molecule has 0 saturated carbocycles. The number of halogens is 2. The highest BCUT2D eigenvalue weighted by molar-refractivity contribution is 7.89. The molecule has 0 spiro atoms. The van der Waals surface area contributed by atoms with Crippen LogP contribution in [0.2, 0.25) is 10.0 Å². The van der Waals surface area contributed by atoms with Gasteiger partial charge in [-0.2, -0.15) is 0 Å². The van der Waals surface area contributed by atoms with Gasteiger partial charge < -0.3 is 20.5 Å². The molecule has 1 fully saturated rings. The van der Waals surface area contributed by atoms with Crippen molar-refractivity contribution in [2.45, 2.75) is 29.9 Å². The fourth-order valence-electron chi connectivity index (χ4n) is 2.63. The number of likely N-dealkylation sites (tertiary alicyclic amines) is 1. The number of benzene rings is 1. The van der Waals surface area contributed by atoms with Gasteiger partial charge in [0.1, 0.15) is 16.7 Å². The van der Waals surface area contributed by atoms with Gasteiger partial charge in [0.2, 0.25) is 10.0 Å². The van der Waals surface area contributed by atoms with Crippen LogP contribution < -0.4 is 15.6 Å². The molecule has 136 valence electrons. The van der Waals surface area contributed by atoms with Crippen molar-refractivity contribution in [3.05, 3.63) is 22.2 Å². The number of primary sulfonamides is 1. The highest BCUT2D eigenvalue weighted by Crippen LogP contribution is 2.37. The maximum atomic E-state index is 11.8. The molecule has 1 saturated heterocycles. The Hall–Kier alpha value is -0.610. The molecule has 0 bridgehead atoms. The van der Waals surface area contributed by atoms with Crippen LogP contribution in [0.5, 0.6) is 5.75 Å². The number of rotatable bonds is 6. The van der Waals surface area contributed by atoms with Crippen molar-refractivity contribution in [2.75, 3.05) is 26.2 Å². The topological polar surface area (TPSA) is 119 Å². The Balaban J connectivity index is 2.07. The van der Waals surface area contributed by atoms with Gasteiger partial charge in [-0.15, -0.1) is 0 Å². The van der Waals surface area contributed by atoms with Crippen molar-refractivity contribution >= 4 is 33.2 Å². The molecule has 24 heavy (non-hydrogen) atoms. The van der Waals surface area contributed by atoms with E-state index in [-0.39, 0.29) is 33.3 Å². The minimum absolute atomic E-state index is 0.0960. The molecule has 1 unspecified atom stereocenters. The SMILES string of the molecule is NCC(O)CN1CCC(Oc2ccc(Cl)c(Cl)c2S(N)(=O)=O)CC1. The minimum atomic E-state index is -4.07. The zero-order valence-corrected chi connectivity index (χ0v) is 15.3. The fraction of sp³-hybridized carbons (Fsp3) is 0.571. The molecule has 0 aliphatic carbocycles. The summed E-state index contributed by atoms with van der Waals surface area (Å²) in [6, 6.07) is 2.93. The summed E-state index contributed by atoms with van der Waals surface area (Å²) in [6.45, 7) is 2.16. The Labute approximate surface area is 151 Å². The molecular formula is C14H21Cl2N3O4S. The van der Waals surface area contributed by atoms with Crippen LogP contribution in [-0.2, 0) is 10.0 Å². The molecule has 1 aliphatic rings. The number of nitrogens with two attached hydrogens (primary N) is 2. The molecule has 1 aromatic carbocycles. The second-order valence-corrected chi connectivity index (χ2v) is 8.02. The summed E-state index contributed by atoms with van der Waals surface area (Å²) in [6.07, 6.45) is 0.643. The number of hydrogen-bond acceptors (Lipinski definition) is 6. The normalized spacial score (nSPS) is 18.5. The number of sulfonamides is 1. The molecule has 1 heterocycles. The lowest BCUT2D eigenvalue weighted by Crippen LogP contribution is -2.43. The van der Waals surface area contributed by atoms with Gasteiger partial charge >= 0.3 is 0 Å². The molecule has 1 aromatic rings. The maximum absolute atomic E-state index is 11.8. The Morgan fingerprint density at radius 2 is 1.96 bits per heavy atom. The van der Waals surface area contributed by atoms with Crippen molar-refractivity contribution in [3.63, 3.8) is 0 Å². The van der Waals surface area contributed by atoms with Crippen LogP contribution in [0, 0.1) is 0 Å². The van der Waals surface area contributed by atoms with E-state index in [1.165, 1.54) is 12.1 Å². The predicted octanol–water partition coefficient (Wildman–Crippen LogP) is 0.804. The number of piperidine rings is 1. The number of nitrogens with zero attached hydrogens (tertiary/aromatic N) is 1. The van der Waals surface area contributed by atoms with Gasteiger partial charge in [0, 0.05) is 26.2 Å². The van der Waals surface area contributed by atoms with Gasteiger partial charge in [-0.25, -0.2) is 13.6 Å². The van der Waals surface area contributed by atoms with Crippen LogP contribution in [0.3, 0.4) is 0 Å². The third-order valence-electron chi connectivity index (χ3n) is 3.87. The van der Waals surface area contributed by atoms with Crippen molar-refractivity contribution < 1.29 is 18.3 Å². The molecule has 1 atom stereocenters. The largest absolute Gasteiger partial charge is 0.489 e. The van der Waals surface area contributed by atoms with E-state index in [0.717, 1.165) is 0 Å². The lowest BCUT2D eigenvalue weighted by Gasteiger charge is -2.33. The molecule has 5 N–H and O–H groups in total. The lowest BCUT2D eigenvalue weighted by molar-refractivity contribution is 0.0630. The number of ether oxygens (including phenoxy) is 1. The first-order valence-electron chi connectivity index (χ1n) is 7.50. The van der Waals surface area contributed by atoms with Crippen LogP contribution >= 0.6 is 23.2 Å². The summed E-state index contributed by atoms with van der Waals surface area (Å²) in [7, 11) is -4.07. The Morgan fingerprint density at radius 1 is 1.33 bits per heavy atom. The van der Waals surface area contributed by atoms with Gasteiger partial charge in [-0.1, -0.05) is 23.2 Å². The van der Waals surface area contributed by atoms with Crippen molar-refractivity contribution in [1.82, 2.24) is 4.90 Å². The summed E-state index contributed by atoms with van der Waals surface area (Å²) in [5, 5.41) is 14.8. The van der Waals surface area contributed by atoms with E-state index in [1.54, 1.807) is 0 Å². The summed E-state index contributed by atoms with van der Waals surface area (Å²) in [5.74, 6) is 0.104. The number of aliphatic hydroxyl groups is 1. The first-order valence-corrected chi connectivity index (χ1v) is 9.80. The number of β-amino-alcohol motifs (C(OH)–C–C–N with tert-alkyl or cyclic N) is 1. The zero-order chi connectivity index (χ0) is 17.9. The Morgan fingerprint density at radius 3 is 2.50 bits per heavy atom. The van der Waals surface area contributed by atoms with E-state index in [0.29, 0.717) is 32.5 Å². The standard InChI is InChI=1S/C14H21Cl2N3O4S/c15-11-1-2-12(14(13(11)16)24(18,21)22)23-10-3-5-19(6-4-10)8-9(20)7-17/h1-2,9-10,20H,3-8,17H2,(H2,18,21,22). The lowest BCUT2D eigenvalue weighted by atomic mass is 10.1. The third-order valence-corrected chi connectivity index (χ3v) is 5.76. The monoisotopic (exact) mass is 397 g/mol. The van der Waals surface area contributed by atoms with Crippen LogP contribution in [0.4, 0.5) is 0 Å². The molecule has 1 aliphatic heterocycles. The first-order chi connectivity index (χ1) is 11.2. The van der Waals surface area contributed by atoms with Crippen LogP contribution in [0.25, 0.3) is 0 Å². The summed E-state index contributed by atoms with van der Waals surface area (Å²) < 4.78 is 29.4. The number of hydrogen-bond donors (Lipinski definition) is 3. The maximum Gasteiger partial charge on any atom is 0.243 e. The average molecular weight is 398 g/mol. The van der Waals surface area contributed by atoms with E-state index < -0.39 is 16.1 Å². The summed E-state index contributed by atoms with van der Waals surface area (Å²) >= 11 is 11.8. The molecule has 10 heteroatoms. The van der Waals surface area contributed by atoms with Gasteiger partial charge in [-0.3, -0.25) is 0 Å². The van der Waals surface area contributed by atoms with Crippen LogP contribution in [0.15, 0.2) is 17.0 Å². The Bertz CT molecular complexity index is 679. The molecule has 2 rings (SSSR count). The van der Waals surface area contributed by atoms with Gasteiger partial charge in [-0.05, 0) is 25.0 Å². The third kappa shape index (κ3) is 4.95. The smallest absolute Gasteiger partial charge is 0.243 e. The predicted molar refractivity (Wildman–Crippen MR) is 93.0 cm³/mol. The summed E-state index contributed by atoms with van der Waals surface area (Å²) in [4.78, 5) is 1.80. The van der Waals surface area contributed by atoms with Gasteiger partial charge in [0.15, 0.2) is 0 Å². The van der Waals surface area contributed by atoms with E-state index in [4.69, 9.17) is 38.8 Å². The van der Waals surface area contributed by atoms with Crippen molar-refractivity contribution in [3.8, 4) is 5.75 Å². The van der Waals surface area contributed by atoms with E-state index >= 15 is 0 Å². The van der Waals surface area contributed by atoms with Gasteiger partial charge in [0.05, 0.1) is 16.1 Å². The van der Waals surface area contributed by atoms with E-state index in [2.05, 4.69) is 4.90 Å². The highest BCUT2D eigenvalue weighted by Gasteiger charge is 2.26. The fourth-order valence-corrected chi connectivity index (χ4v) is 4.08. The Kier molecular flexibility index (Phi) is 6.72. The molecule has 0 radical (unpaired) electrons. The van der Waals surface area contributed by atoms with E-state index in [1.807, 2.05) is 0 Å². The molecule has 7 nitrogen and oxygen atoms in total. The summed E-state index contributed by atoms with van der Waals surface area (Å²) in [5.41, 5.74) is 5.41. The average Bonchev–Trinajstić information content (AvgIpc) is 2.51. The van der Waals surface area contributed by atoms with Crippen molar-refractivity contribution in [1.29, 1.82) is 0 Å². The van der Waals surface area contributed by atoms with Crippen LogP contribution in [-0.4, -0.2) is 56.8 Å². The van der Waals surface area contributed by atoms with Crippen molar-refractivity contribution in [2.24, 2.45) is 10.9 Å². The molecular weight excluding hydrogens is 377 g/mol. The van der Waals surface area contributed by atoms with Gasteiger partial charge in [0.25, 0.3) is 0 Å². The second-order valence-electron chi connectivity index (χ2n) is 5.74. The van der Waals surface area contributed by atoms with Crippen LogP contribution in [0.1, 0.15) is 12.8 Å². The number of aliphatic hydroxyl groups excluding tert-OH is 1.